The predicted molar refractivity (Wildman–Crippen MR) is 66.1 cm³/mol. The van der Waals surface area contributed by atoms with Crippen LogP contribution in [-0.2, 0) is 4.79 Å². The van der Waals surface area contributed by atoms with Gasteiger partial charge in [-0.15, -0.1) is 0 Å². The van der Waals surface area contributed by atoms with Crippen LogP contribution < -0.4 is 5.32 Å². The summed E-state index contributed by atoms with van der Waals surface area (Å²) < 4.78 is 12.8. The van der Waals surface area contributed by atoms with Crippen LogP contribution in [0.3, 0.4) is 0 Å². The van der Waals surface area contributed by atoms with Crippen LogP contribution in [-0.4, -0.2) is 40.0 Å². The van der Waals surface area contributed by atoms with Crippen LogP contribution in [0.4, 0.5) is 4.39 Å². The van der Waals surface area contributed by atoms with E-state index in [2.05, 4.69) is 10.3 Å². The second-order valence-electron chi connectivity index (χ2n) is 3.49. The van der Waals surface area contributed by atoms with E-state index in [0.29, 0.717) is 12.2 Å². The highest BCUT2D eigenvalue weighted by Crippen LogP contribution is 2.03. The molecule has 2 N–H and O–H groups in total. The van der Waals surface area contributed by atoms with Crippen molar-refractivity contribution in [1.82, 2.24) is 10.3 Å². The van der Waals surface area contributed by atoms with Crippen molar-refractivity contribution in [2.75, 3.05) is 12.0 Å². The maximum Gasteiger partial charge on any atom is 0.326 e. The molecule has 1 rings (SSSR count). The molecule has 0 bridgehead atoms. The first-order chi connectivity index (χ1) is 8.54. The molecule has 1 heterocycles. The second kappa shape index (κ2) is 6.95. The van der Waals surface area contributed by atoms with E-state index in [-0.39, 0.29) is 5.69 Å². The highest BCUT2D eigenvalue weighted by Gasteiger charge is 2.20. The number of aromatic nitrogens is 1. The Kier molecular flexibility index (Phi) is 5.57. The number of carboxylic acids is 1. The zero-order chi connectivity index (χ0) is 13.5. The van der Waals surface area contributed by atoms with E-state index < -0.39 is 23.9 Å². The number of aliphatic carboxylic acids is 1. The van der Waals surface area contributed by atoms with E-state index in [1.54, 1.807) is 0 Å². The highest BCUT2D eigenvalue weighted by molar-refractivity contribution is 7.98. The largest absolute Gasteiger partial charge is 0.480 e. The molecule has 1 atom stereocenters. The Morgan fingerprint density at radius 2 is 2.28 bits per heavy atom. The fourth-order valence-corrected chi connectivity index (χ4v) is 1.73. The van der Waals surface area contributed by atoms with Gasteiger partial charge in [0.15, 0.2) is 0 Å². The van der Waals surface area contributed by atoms with E-state index in [4.69, 9.17) is 5.11 Å². The molecular formula is C11H13FN2O3S. The molecule has 7 heteroatoms. The van der Waals surface area contributed by atoms with Crippen LogP contribution in [0.5, 0.6) is 0 Å². The summed E-state index contributed by atoms with van der Waals surface area (Å²) in [6.07, 6.45) is 2.15. The molecule has 1 amide bonds. The van der Waals surface area contributed by atoms with Crippen LogP contribution in [0.2, 0.25) is 0 Å². The number of carbonyl (C=O) groups excluding carboxylic acids is 1. The summed E-state index contributed by atoms with van der Waals surface area (Å²) in [5.41, 5.74) is -0.134. The summed E-state index contributed by atoms with van der Waals surface area (Å²) >= 11 is 1.48. The van der Waals surface area contributed by atoms with Crippen molar-refractivity contribution in [3.8, 4) is 0 Å². The number of hydrogen-bond acceptors (Lipinski definition) is 4. The van der Waals surface area contributed by atoms with Crippen molar-refractivity contribution < 1.29 is 19.1 Å². The molecule has 0 aromatic carbocycles. The van der Waals surface area contributed by atoms with Crippen molar-refractivity contribution in [3.05, 3.63) is 29.8 Å². The summed E-state index contributed by atoms with van der Waals surface area (Å²) in [5.74, 6) is -1.98. The second-order valence-corrected chi connectivity index (χ2v) is 4.48. The van der Waals surface area contributed by atoms with Crippen LogP contribution in [0.25, 0.3) is 0 Å². The SMILES string of the molecule is CSCC[C@@H](NC(=O)c1cccc(F)n1)C(=O)O. The lowest BCUT2D eigenvalue weighted by atomic mass is 10.2. The Hall–Kier alpha value is -1.63. The third-order valence-corrected chi connectivity index (χ3v) is 2.81. The van der Waals surface area contributed by atoms with Gasteiger partial charge in [-0.3, -0.25) is 4.79 Å². The maximum atomic E-state index is 12.8. The topological polar surface area (TPSA) is 79.3 Å². The lowest BCUT2D eigenvalue weighted by molar-refractivity contribution is -0.139. The number of nitrogens with one attached hydrogen (secondary N) is 1. The van der Waals surface area contributed by atoms with E-state index in [1.165, 1.54) is 23.9 Å². The summed E-state index contributed by atoms with van der Waals surface area (Å²) in [4.78, 5) is 26.0. The number of hydrogen-bond donors (Lipinski definition) is 2. The van der Waals surface area contributed by atoms with Crippen LogP contribution >= 0.6 is 11.8 Å². The molecule has 0 saturated carbocycles. The summed E-state index contributed by atoms with van der Waals surface area (Å²) in [6.45, 7) is 0. The molecule has 0 unspecified atom stereocenters. The van der Waals surface area contributed by atoms with E-state index in [1.807, 2.05) is 6.26 Å². The van der Waals surface area contributed by atoms with Gasteiger partial charge in [-0.2, -0.15) is 16.2 Å². The van der Waals surface area contributed by atoms with Gasteiger partial charge in [0.1, 0.15) is 11.7 Å². The van der Waals surface area contributed by atoms with Crippen molar-refractivity contribution in [2.45, 2.75) is 12.5 Å². The molecule has 5 nitrogen and oxygen atoms in total. The molecule has 0 spiro atoms. The predicted octanol–water partition coefficient (Wildman–Crippen LogP) is 1.16. The zero-order valence-corrected chi connectivity index (χ0v) is 10.5. The molecule has 0 saturated heterocycles. The molecule has 0 aliphatic heterocycles. The Bertz CT molecular complexity index is 442. The fraction of sp³-hybridized carbons (Fsp3) is 0.364. The third-order valence-electron chi connectivity index (χ3n) is 2.16. The fourth-order valence-electron chi connectivity index (χ4n) is 1.26. The molecular weight excluding hydrogens is 259 g/mol. The van der Waals surface area contributed by atoms with E-state index >= 15 is 0 Å². The zero-order valence-electron chi connectivity index (χ0n) is 9.72. The molecule has 98 valence electrons. The molecule has 1 aromatic rings. The molecule has 18 heavy (non-hydrogen) atoms. The number of carbonyl (C=O) groups is 2. The van der Waals surface area contributed by atoms with Gasteiger partial charge in [-0.25, -0.2) is 9.78 Å². The number of nitrogens with zero attached hydrogens (tertiary/aromatic N) is 1. The average Bonchev–Trinajstić information content (AvgIpc) is 2.33. The van der Waals surface area contributed by atoms with Gasteiger partial charge in [-0.05, 0) is 30.6 Å². The third kappa shape index (κ3) is 4.33. The molecule has 0 aliphatic rings. The van der Waals surface area contributed by atoms with E-state index in [0.717, 1.165) is 6.07 Å². The number of rotatable bonds is 6. The highest BCUT2D eigenvalue weighted by atomic mass is 32.2. The Morgan fingerprint density at radius 1 is 1.56 bits per heavy atom. The first-order valence-electron chi connectivity index (χ1n) is 5.19. The minimum Gasteiger partial charge on any atom is -0.480 e. The number of halogens is 1. The van der Waals surface area contributed by atoms with Gasteiger partial charge in [0.25, 0.3) is 5.91 Å². The van der Waals surface area contributed by atoms with Crippen molar-refractivity contribution in [3.63, 3.8) is 0 Å². The first kappa shape index (κ1) is 14.4. The van der Waals surface area contributed by atoms with Crippen molar-refractivity contribution in [2.24, 2.45) is 0 Å². The van der Waals surface area contributed by atoms with Gasteiger partial charge in [0, 0.05) is 0 Å². The molecule has 0 fully saturated rings. The lowest BCUT2D eigenvalue weighted by Crippen LogP contribution is -2.41. The number of amides is 1. The normalized spacial score (nSPS) is 11.9. The summed E-state index contributed by atoms with van der Waals surface area (Å²) in [6, 6.07) is 2.79. The van der Waals surface area contributed by atoms with E-state index in [9.17, 15) is 14.0 Å². The molecule has 1 aromatic heterocycles. The summed E-state index contributed by atoms with van der Waals surface area (Å²) in [5, 5.41) is 11.2. The quantitative estimate of drug-likeness (QED) is 0.760. The van der Waals surface area contributed by atoms with Gasteiger partial charge < -0.3 is 10.4 Å². The molecule has 0 radical (unpaired) electrons. The number of carboxylic acid groups (broad SMARTS) is 1. The Labute approximate surface area is 108 Å². The Balaban J connectivity index is 2.69. The molecule has 0 aliphatic carbocycles. The standard InChI is InChI=1S/C11H13FN2O3S/c1-18-6-5-8(11(16)17)14-10(15)7-3-2-4-9(12)13-7/h2-4,8H,5-6H2,1H3,(H,14,15)(H,16,17)/t8-/m1/s1. The smallest absolute Gasteiger partial charge is 0.326 e. The average molecular weight is 272 g/mol. The van der Waals surface area contributed by atoms with Crippen LogP contribution in [0.15, 0.2) is 18.2 Å². The van der Waals surface area contributed by atoms with Crippen LogP contribution in [0.1, 0.15) is 16.9 Å². The first-order valence-corrected chi connectivity index (χ1v) is 6.59. The van der Waals surface area contributed by atoms with Gasteiger partial charge in [0.2, 0.25) is 5.95 Å². The maximum absolute atomic E-state index is 12.8. The number of thioether (sulfide) groups is 1. The lowest BCUT2D eigenvalue weighted by Gasteiger charge is -2.13. The van der Waals surface area contributed by atoms with Crippen molar-refractivity contribution >= 4 is 23.6 Å². The van der Waals surface area contributed by atoms with Crippen molar-refractivity contribution in [1.29, 1.82) is 0 Å². The van der Waals surface area contributed by atoms with Gasteiger partial charge in [0.05, 0.1) is 0 Å². The minimum absolute atomic E-state index is 0.134. The van der Waals surface area contributed by atoms with Crippen LogP contribution in [0, 0.1) is 5.95 Å². The van der Waals surface area contributed by atoms with Gasteiger partial charge >= 0.3 is 5.97 Å². The Morgan fingerprint density at radius 3 is 2.83 bits per heavy atom. The summed E-state index contributed by atoms with van der Waals surface area (Å²) in [7, 11) is 0. The van der Waals surface area contributed by atoms with Gasteiger partial charge in [-0.1, -0.05) is 6.07 Å². The number of pyridine rings is 1. The monoisotopic (exact) mass is 272 g/mol. The minimum atomic E-state index is -1.12.